The fraction of sp³-hybridized carbons (Fsp3) is 0.235. The van der Waals surface area contributed by atoms with Gasteiger partial charge in [0.05, 0.1) is 0 Å². The highest BCUT2D eigenvalue weighted by Gasteiger charge is 2.38. The van der Waals surface area contributed by atoms with E-state index in [1.165, 1.54) is 11.4 Å². The molecule has 3 N–H and O–H groups in total. The Labute approximate surface area is 141 Å². The first-order valence-corrected chi connectivity index (χ1v) is 7.50. The van der Waals surface area contributed by atoms with E-state index in [2.05, 4.69) is 17.2 Å². The molecule has 0 saturated heterocycles. The molecule has 1 rings (SSSR count). The summed E-state index contributed by atoms with van der Waals surface area (Å²) in [5, 5.41) is 16.2. The highest BCUT2D eigenvalue weighted by atomic mass is 32.1. The molecule has 122 valence electrons. The second-order valence-electron chi connectivity index (χ2n) is 4.95. The molecule has 0 spiro atoms. The second kappa shape index (κ2) is 8.85. The van der Waals surface area contributed by atoms with Crippen molar-refractivity contribution in [1.82, 2.24) is 10.6 Å². The Morgan fingerprint density at radius 2 is 1.96 bits per heavy atom. The monoisotopic (exact) mass is 332 g/mol. The minimum atomic E-state index is -1.47. The van der Waals surface area contributed by atoms with E-state index in [9.17, 15) is 14.7 Å². The molecular formula is C17H20N2O3S. The van der Waals surface area contributed by atoms with E-state index in [1.807, 2.05) is 6.08 Å². The van der Waals surface area contributed by atoms with E-state index in [0.717, 1.165) is 5.56 Å². The van der Waals surface area contributed by atoms with Gasteiger partial charge in [-0.1, -0.05) is 30.4 Å². The third kappa shape index (κ3) is 5.03. The summed E-state index contributed by atoms with van der Waals surface area (Å²) in [6, 6.07) is 6.83. The normalized spacial score (nSPS) is 13.1. The van der Waals surface area contributed by atoms with E-state index in [1.54, 1.807) is 37.5 Å². The average Bonchev–Trinajstić information content (AvgIpc) is 2.53. The van der Waals surface area contributed by atoms with Gasteiger partial charge in [0.2, 0.25) is 0 Å². The molecule has 1 aromatic rings. The van der Waals surface area contributed by atoms with Crippen LogP contribution in [0.2, 0.25) is 0 Å². The summed E-state index contributed by atoms with van der Waals surface area (Å²) in [4.78, 5) is 23.9. The molecule has 1 atom stereocenters. The van der Waals surface area contributed by atoms with Gasteiger partial charge in [-0.3, -0.25) is 4.79 Å². The topological polar surface area (TPSA) is 78.4 Å². The predicted molar refractivity (Wildman–Crippen MR) is 95.5 cm³/mol. The Balaban J connectivity index is 2.98. The van der Waals surface area contributed by atoms with Gasteiger partial charge in [0.25, 0.3) is 5.91 Å². The summed E-state index contributed by atoms with van der Waals surface area (Å²) < 4.78 is 0. The first kappa shape index (κ1) is 18.6. The molecule has 23 heavy (non-hydrogen) atoms. The lowest BCUT2D eigenvalue weighted by Crippen LogP contribution is -2.54. The van der Waals surface area contributed by atoms with Crippen molar-refractivity contribution in [3.05, 3.63) is 54.2 Å². The van der Waals surface area contributed by atoms with E-state index in [4.69, 9.17) is 12.2 Å². The molecular weight excluding hydrogens is 312 g/mol. The van der Waals surface area contributed by atoms with Gasteiger partial charge in [-0.25, -0.2) is 4.79 Å². The smallest absolute Gasteiger partial charge is 0.330 e. The van der Waals surface area contributed by atoms with Gasteiger partial charge in [0.15, 0.2) is 0 Å². The fourth-order valence-electron chi connectivity index (χ4n) is 2.02. The molecule has 0 radical (unpaired) electrons. The lowest BCUT2D eigenvalue weighted by molar-refractivity contribution is -0.144. The van der Waals surface area contributed by atoms with Gasteiger partial charge in [-0.2, -0.15) is 0 Å². The van der Waals surface area contributed by atoms with Crippen LogP contribution in [0.25, 0.3) is 6.08 Å². The molecule has 0 aliphatic rings. The Morgan fingerprint density at radius 3 is 2.43 bits per heavy atom. The van der Waals surface area contributed by atoms with Crippen molar-refractivity contribution in [2.75, 3.05) is 7.05 Å². The van der Waals surface area contributed by atoms with Crippen LogP contribution in [0.3, 0.4) is 0 Å². The first-order valence-electron chi connectivity index (χ1n) is 7.03. The molecule has 0 fully saturated rings. The standard InChI is InChI=1S/C17H20N2O3S/c1-3-9-17(10-12-23,16(21)22)19-15(20)14-6-4-13(5-7-14)8-11-18-2/h3-8,11-12,18H,1,9-10H2,2H3,(H,19,20)(H,21,22)/b11-8-. The maximum Gasteiger partial charge on any atom is 0.330 e. The number of carbonyl (C=O) groups is 2. The van der Waals surface area contributed by atoms with Crippen molar-refractivity contribution in [2.45, 2.75) is 18.4 Å². The van der Waals surface area contributed by atoms with Crippen LogP contribution >= 0.6 is 12.2 Å². The summed E-state index contributed by atoms with van der Waals surface area (Å²) in [5.74, 6) is -1.60. The van der Waals surface area contributed by atoms with Gasteiger partial charge < -0.3 is 15.7 Å². The predicted octanol–water partition coefficient (Wildman–Crippen LogP) is 2.40. The maximum absolute atomic E-state index is 12.4. The molecule has 0 aliphatic carbocycles. The molecule has 0 aliphatic heterocycles. The fourth-order valence-corrected chi connectivity index (χ4v) is 2.30. The SMILES string of the molecule is C=CCC(CC=S)(NC(=O)c1ccc(/C=C\NC)cc1)C(=O)O. The van der Waals surface area contributed by atoms with Crippen LogP contribution in [0.1, 0.15) is 28.8 Å². The molecule has 0 bridgehead atoms. The van der Waals surface area contributed by atoms with Crippen molar-refractivity contribution in [1.29, 1.82) is 0 Å². The van der Waals surface area contributed by atoms with E-state index in [-0.39, 0.29) is 12.8 Å². The highest BCUT2D eigenvalue weighted by Crippen LogP contribution is 2.17. The number of carbonyl (C=O) groups excluding carboxylic acids is 1. The molecule has 0 heterocycles. The van der Waals surface area contributed by atoms with E-state index >= 15 is 0 Å². The van der Waals surface area contributed by atoms with Gasteiger partial charge in [-0.05, 0) is 41.8 Å². The molecule has 0 aromatic heterocycles. The largest absolute Gasteiger partial charge is 0.479 e. The summed E-state index contributed by atoms with van der Waals surface area (Å²) in [6.45, 7) is 3.55. The van der Waals surface area contributed by atoms with Crippen molar-refractivity contribution < 1.29 is 14.7 Å². The number of benzene rings is 1. The number of hydrogen-bond acceptors (Lipinski definition) is 4. The summed E-state index contributed by atoms with van der Waals surface area (Å²) in [7, 11) is 1.79. The zero-order chi connectivity index (χ0) is 17.3. The van der Waals surface area contributed by atoms with Crippen LogP contribution in [-0.2, 0) is 4.79 Å². The van der Waals surface area contributed by atoms with Gasteiger partial charge in [-0.15, -0.1) is 6.58 Å². The Hall–Kier alpha value is -2.47. The molecule has 1 amide bonds. The number of aliphatic carboxylic acids is 1. The molecule has 1 aromatic carbocycles. The van der Waals surface area contributed by atoms with Crippen LogP contribution in [0, 0.1) is 0 Å². The number of rotatable bonds is 9. The Morgan fingerprint density at radius 1 is 1.30 bits per heavy atom. The van der Waals surface area contributed by atoms with Crippen molar-refractivity contribution in [2.24, 2.45) is 0 Å². The van der Waals surface area contributed by atoms with Crippen LogP contribution < -0.4 is 10.6 Å². The third-order valence-electron chi connectivity index (χ3n) is 3.30. The molecule has 5 nitrogen and oxygen atoms in total. The third-order valence-corrected chi connectivity index (χ3v) is 3.47. The van der Waals surface area contributed by atoms with Gasteiger partial charge in [0.1, 0.15) is 5.54 Å². The van der Waals surface area contributed by atoms with Crippen molar-refractivity contribution >= 4 is 35.5 Å². The molecule has 0 saturated carbocycles. The minimum Gasteiger partial charge on any atom is -0.479 e. The minimum absolute atomic E-state index is 0.0401. The lowest BCUT2D eigenvalue weighted by atomic mass is 9.91. The zero-order valence-electron chi connectivity index (χ0n) is 12.9. The van der Waals surface area contributed by atoms with E-state index < -0.39 is 17.4 Å². The number of hydrogen-bond donors (Lipinski definition) is 3. The van der Waals surface area contributed by atoms with Crippen molar-refractivity contribution in [3.8, 4) is 0 Å². The Kier molecular flexibility index (Phi) is 7.15. The first-order chi connectivity index (χ1) is 11.0. The molecule has 1 unspecified atom stereocenters. The van der Waals surface area contributed by atoms with Crippen LogP contribution in [0.5, 0.6) is 0 Å². The summed E-state index contributed by atoms with van der Waals surface area (Å²) in [5.41, 5.74) is -0.165. The zero-order valence-corrected chi connectivity index (χ0v) is 13.7. The summed E-state index contributed by atoms with van der Waals surface area (Å²) >= 11 is 4.77. The Bertz CT molecular complexity index is 599. The lowest BCUT2D eigenvalue weighted by Gasteiger charge is -2.28. The quantitative estimate of drug-likeness (QED) is 0.478. The second-order valence-corrected chi connectivity index (χ2v) is 5.28. The van der Waals surface area contributed by atoms with Gasteiger partial charge >= 0.3 is 5.97 Å². The van der Waals surface area contributed by atoms with E-state index in [0.29, 0.717) is 5.56 Å². The average molecular weight is 332 g/mol. The highest BCUT2D eigenvalue weighted by molar-refractivity contribution is 7.78. The number of nitrogens with one attached hydrogen (secondary N) is 2. The maximum atomic E-state index is 12.4. The summed E-state index contributed by atoms with van der Waals surface area (Å²) in [6.07, 6.45) is 5.21. The number of carboxylic acids is 1. The molecule has 6 heteroatoms. The van der Waals surface area contributed by atoms with Crippen LogP contribution in [0.15, 0.2) is 43.1 Å². The van der Waals surface area contributed by atoms with Crippen LogP contribution in [0.4, 0.5) is 0 Å². The number of amides is 1. The van der Waals surface area contributed by atoms with Crippen molar-refractivity contribution in [3.63, 3.8) is 0 Å². The van der Waals surface area contributed by atoms with Crippen LogP contribution in [-0.4, -0.2) is 34.9 Å². The number of thiocarbonyl (C=S) groups is 1. The van der Waals surface area contributed by atoms with Gasteiger partial charge in [0, 0.05) is 19.0 Å². The number of carboxylic acid groups (broad SMARTS) is 1.